The molecule has 4 aliphatic rings. The van der Waals surface area contributed by atoms with Gasteiger partial charge in [-0.25, -0.2) is 45.9 Å². The fraction of sp³-hybridized carbons (Fsp3) is 0.286. The lowest BCUT2D eigenvalue weighted by molar-refractivity contribution is 0.0684. The number of nitrogens with two attached hydrogens (primary N) is 2. The topological polar surface area (TPSA) is 312 Å². The fourth-order valence-electron chi connectivity index (χ4n) is 8.39. The van der Waals surface area contributed by atoms with Gasteiger partial charge in [-0.1, -0.05) is 0 Å². The number of anilines is 2. The highest BCUT2D eigenvalue weighted by Gasteiger charge is 2.55. The summed E-state index contributed by atoms with van der Waals surface area (Å²) in [4.78, 5) is 60.1. The fourth-order valence-corrected chi connectivity index (χ4v) is 8.39. The van der Waals surface area contributed by atoms with Gasteiger partial charge in [0.05, 0.1) is 34.7 Å². The molecule has 70 heavy (non-hydrogen) atoms. The van der Waals surface area contributed by atoms with E-state index in [1.54, 1.807) is 9.80 Å². The van der Waals surface area contributed by atoms with Crippen molar-refractivity contribution in [3.8, 4) is 11.4 Å². The highest BCUT2D eigenvalue weighted by molar-refractivity contribution is 7.85. The number of carboxylic acids is 2. The number of pyridine rings is 4. The Bertz CT molecular complexity index is 3240. The lowest BCUT2D eigenvalue weighted by Gasteiger charge is -2.22. The third kappa shape index (κ3) is 10.7. The van der Waals surface area contributed by atoms with Crippen LogP contribution < -0.4 is 32.1 Å². The van der Waals surface area contributed by atoms with Crippen LogP contribution in [0.4, 0.5) is 38.0 Å². The number of piperidine rings is 2. The Morgan fingerprint density at radius 1 is 0.571 bits per heavy atom. The first-order valence-electron chi connectivity index (χ1n) is 20.3. The molecular formula is C42H38F6N8O12S2. The Hall–Kier alpha value is -6.98. The van der Waals surface area contributed by atoms with E-state index in [-0.39, 0.29) is 80.8 Å². The molecule has 28 heteroatoms. The molecule has 8 N–H and O–H groups in total. The maximum atomic E-state index is 14.8. The first kappa shape index (κ1) is 50.9. The summed E-state index contributed by atoms with van der Waals surface area (Å²) in [6.45, 7) is 2.01. The predicted octanol–water partition coefficient (Wildman–Crippen LogP) is 2.80. The summed E-state index contributed by atoms with van der Waals surface area (Å²) in [6.07, 6.45) is 3.25. The summed E-state index contributed by atoms with van der Waals surface area (Å²) in [6, 6.07) is 7.39. The number of rotatable bonds is 6. The largest absolute Gasteiger partial charge is 0.477 e. The van der Waals surface area contributed by atoms with Crippen LogP contribution in [-0.4, -0.2) is 118 Å². The van der Waals surface area contributed by atoms with Gasteiger partial charge in [0, 0.05) is 62.8 Å². The number of halogens is 6. The Morgan fingerprint density at radius 2 is 0.871 bits per heavy atom. The van der Waals surface area contributed by atoms with Gasteiger partial charge >= 0.3 is 11.9 Å². The van der Waals surface area contributed by atoms with Crippen molar-refractivity contribution in [2.75, 3.05) is 48.5 Å². The molecular weight excluding hydrogens is 987 g/mol. The number of carbonyl (C=O) groups is 2. The molecule has 6 aromatic rings. The minimum Gasteiger partial charge on any atom is -0.477 e. The Morgan fingerprint density at radius 3 is 1.14 bits per heavy atom. The average Bonchev–Trinajstić information content (AvgIpc) is 3.78. The Kier molecular flexibility index (Phi) is 13.6. The van der Waals surface area contributed by atoms with Crippen LogP contribution in [0.5, 0.6) is 0 Å². The van der Waals surface area contributed by atoms with Crippen molar-refractivity contribution in [3.63, 3.8) is 0 Å². The van der Waals surface area contributed by atoms with Crippen LogP contribution in [0.3, 0.4) is 0 Å². The van der Waals surface area contributed by atoms with E-state index in [4.69, 9.17) is 20.6 Å². The van der Waals surface area contributed by atoms with E-state index < -0.39 is 89.1 Å². The van der Waals surface area contributed by atoms with Crippen LogP contribution in [0, 0.1) is 58.6 Å². The number of benzene rings is 2. The SMILES string of the molecule is CS(=O)(=O)O.CS(=O)(=O)O.NC1[C@H]2CN(c3nc4c(cc3F)c(=O)c(C(=O)O)cn4-c3ccc(F)cc3F)C[C@@H]12.NC1[C@H]2CN(c3nc4c(cc3F)c(=O)c(C(=O)O)cn4-c3ccc(F)cc3F)C[C@@H]12. The van der Waals surface area contributed by atoms with Crippen molar-refractivity contribution in [3.05, 3.63) is 127 Å². The van der Waals surface area contributed by atoms with Crippen molar-refractivity contribution in [1.82, 2.24) is 19.1 Å². The van der Waals surface area contributed by atoms with E-state index in [1.807, 2.05) is 0 Å². The zero-order chi connectivity index (χ0) is 51.6. The number of nitrogens with zero attached hydrogens (tertiary/aromatic N) is 6. The maximum absolute atomic E-state index is 14.8. The van der Waals surface area contributed by atoms with Crippen LogP contribution in [-0.2, 0) is 20.2 Å². The molecule has 2 aromatic carbocycles. The first-order chi connectivity index (χ1) is 32.5. The first-order valence-corrected chi connectivity index (χ1v) is 24.0. The van der Waals surface area contributed by atoms with E-state index in [9.17, 15) is 72.6 Å². The van der Waals surface area contributed by atoms with Gasteiger partial charge in [-0.3, -0.25) is 27.8 Å². The summed E-state index contributed by atoms with van der Waals surface area (Å²) >= 11 is 0. The molecule has 2 saturated carbocycles. The summed E-state index contributed by atoms with van der Waals surface area (Å²) in [7, 11) is -7.33. The second kappa shape index (κ2) is 18.7. The molecule has 20 nitrogen and oxygen atoms in total. The van der Waals surface area contributed by atoms with Gasteiger partial charge in [-0.05, 0) is 60.1 Å². The lowest BCUT2D eigenvalue weighted by atomic mass is 10.1. The zero-order valence-corrected chi connectivity index (χ0v) is 37.7. The van der Waals surface area contributed by atoms with Gasteiger partial charge in [-0.2, -0.15) is 16.8 Å². The highest BCUT2D eigenvalue weighted by atomic mass is 32.2. The molecule has 4 fully saturated rings. The van der Waals surface area contributed by atoms with Crippen molar-refractivity contribution in [1.29, 1.82) is 0 Å². The third-order valence-electron chi connectivity index (χ3n) is 11.7. The second-order valence-corrected chi connectivity index (χ2v) is 19.6. The van der Waals surface area contributed by atoms with Crippen LogP contribution in [0.15, 0.2) is 70.5 Å². The highest BCUT2D eigenvalue weighted by Crippen LogP contribution is 2.46. The summed E-state index contributed by atoms with van der Waals surface area (Å²) in [5, 5.41) is 18.1. The molecule has 0 radical (unpaired) electrons. The molecule has 0 amide bonds. The Labute approximate surface area is 390 Å². The quantitative estimate of drug-likeness (QED) is 0.103. The van der Waals surface area contributed by atoms with Crippen LogP contribution >= 0.6 is 0 Å². The van der Waals surface area contributed by atoms with Crippen molar-refractivity contribution in [2.45, 2.75) is 12.1 Å². The molecule has 2 aliphatic heterocycles. The molecule has 10 rings (SSSR count). The summed E-state index contributed by atoms with van der Waals surface area (Å²) in [5.74, 6) is -7.41. The zero-order valence-electron chi connectivity index (χ0n) is 36.0. The van der Waals surface area contributed by atoms with Crippen LogP contribution in [0.2, 0.25) is 0 Å². The van der Waals surface area contributed by atoms with Crippen molar-refractivity contribution < 1.29 is 72.1 Å². The molecule has 2 saturated heterocycles. The van der Waals surface area contributed by atoms with Gasteiger partial charge in [0.25, 0.3) is 20.2 Å². The van der Waals surface area contributed by atoms with Crippen LogP contribution in [0.1, 0.15) is 20.7 Å². The smallest absolute Gasteiger partial charge is 0.341 e. The van der Waals surface area contributed by atoms with E-state index in [2.05, 4.69) is 9.97 Å². The number of aromatic carboxylic acids is 2. The number of hydrogen-bond donors (Lipinski definition) is 6. The molecule has 2 aliphatic carbocycles. The molecule has 6 heterocycles. The van der Waals surface area contributed by atoms with E-state index in [1.165, 1.54) is 0 Å². The monoisotopic (exact) mass is 1020 g/mol. The van der Waals surface area contributed by atoms with Crippen molar-refractivity contribution in [2.24, 2.45) is 35.1 Å². The minimum absolute atomic E-state index is 0.0272. The van der Waals surface area contributed by atoms with Gasteiger partial charge in [0.15, 0.2) is 34.6 Å². The second-order valence-electron chi connectivity index (χ2n) is 16.7. The minimum atomic E-state index is -3.67. The molecule has 0 spiro atoms. The normalized spacial score (nSPS) is 20.9. The molecule has 6 atom stereocenters. The Balaban J connectivity index is 0.000000173. The number of aromatic nitrogens is 4. The van der Waals surface area contributed by atoms with E-state index >= 15 is 0 Å². The van der Waals surface area contributed by atoms with Gasteiger partial charge in [0.2, 0.25) is 10.9 Å². The molecule has 0 bridgehead atoms. The summed E-state index contributed by atoms with van der Waals surface area (Å²) in [5.41, 5.74) is 7.88. The maximum Gasteiger partial charge on any atom is 0.341 e. The molecule has 372 valence electrons. The number of carboxylic acid groups (broad SMARTS) is 2. The lowest BCUT2D eigenvalue weighted by Crippen LogP contribution is -2.30. The number of fused-ring (bicyclic) bond motifs is 4. The van der Waals surface area contributed by atoms with Crippen LogP contribution in [0.25, 0.3) is 33.4 Å². The van der Waals surface area contributed by atoms with Crippen molar-refractivity contribution >= 4 is 65.9 Å². The molecule has 4 aromatic heterocycles. The van der Waals surface area contributed by atoms with Gasteiger partial charge in [-0.15, -0.1) is 0 Å². The van der Waals surface area contributed by atoms with Gasteiger partial charge < -0.3 is 31.5 Å². The number of hydrogen-bond acceptors (Lipinski definition) is 14. The average molecular weight is 1020 g/mol. The van der Waals surface area contributed by atoms with E-state index in [0.717, 1.165) is 57.9 Å². The van der Waals surface area contributed by atoms with Gasteiger partial charge in [0.1, 0.15) is 34.4 Å². The standard InChI is InChI=1S/2C20H15F3N4O3.2CH4O3S/c2*21-8-1-2-15(13(22)3-8)27-7-12(20(29)30)17(28)9-4-14(23)19(25-18(9)27)26-5-10-11(6-26)16(10)24;2*1-5(2,3)4/h2*1-4,7,10-11,16H,5-6,24H2,(H,29,30);2*1H3,(H,2,3,4)/t2*10-,11+,16?;;. The van der Waals surface area contributed by atoms with E-state index in [0.29, 0.717) is 50.8 Å². The third-order valence-corrected chi connectivity index (χ3v) is 11.7. The molecule has 2 unspecified atom stereocenters. The summed E-state index contributed by atoms with van der Waals surface area (Å²) < 4.78 is 139. The predicted molar refractivity (Wildman–Crippen MR) is 238 cm³/mol.